The number of rotatable bonds is 2. The standard InChI is InChI=1S/C20H12F3N3O/c21-20(22,23)14-7-4-6-13(12-14)17-18-16(10-5-11-24-18)19(27)26(25-17)15-8-2-1-3-9-15/h1-12H. The van der Waals surface area contributed by atoms with Crippen molar-refractivity contribution in [2.45, 2.75) is 6.18 Å². The molecular weight excluding hydrogens is 355 g/mol. The fourth-order valence-electron chi connectivity index (χ4n) is 2.85. The van der Waals surface area contributed by atoms with Crippen LogP contribution in [0.25, 0.3) is 27.8 Å². The van der Waals surface area contributed by atoms with Gasteiger partial charge in [-0.3, -0.25) is 9.78 Å². The van der Waals surface area contributed by atoms with Crippen LogP contribution < -0.4 is 5.56 Å². The number of nitrogens with zero attached hydrogens (tertiary/aromatic N) is 3. The largest absolute Gasteiger partial charge is 0.416 e. The summed E-state index contributed by atoms with van der Waals surface area (Å²) in [6, 6.07) is 16.7. The van der Waals surface area contributed by atoms with Crippen LogP contribution in [0.3, 0.4) is 0 Å². The minimum Gasteiger partial charge on any atom is -0.267 e. The summed E-state index contributed by atoms with van der Waals surface area (Å²) in [5.41, 5.74) is 0.0391. The van der Waals surface area contributed by atoms with Gasteiger partial charge >= 0.3 is 6.18 Å². The lowest BCUT2D eigenvalue weighted by Crippen LogP contribution is -2.22. The van der Waals surface area contributed by atoms with Crippen molar-refractivity contribution in [3.63, 3.8) is 0 Å². The zero-order valence-electron chi connectivity index (χ0n) is 13.8. The Bertz CT molecular complexity index is 1180. The van der Waals surface area contributed by atoms with E-state index in [1.807, 2.05) is 0 Å². The van der Waals surface area contributed by atoms with E-state index < -0.39 is 11.7 Å². The van der Waals surface area contributed by atoms with Crippen LogP contribution in [0.1, 0.15) is 5.56 Å². The Balaban J connectivity index is 2.04. The summed E-state index contributed by atoms with van der Waals surface area (Å²) in [5, 5.41) is 4.62. The van der Waals surface area contributed by atoms with Gasteiger partial charge in [0.2, 0.25) is 0 Å². The molecule has 0 amide bonds. The first kappa shape index (κ1) is 17.0. The summed E-state index contributed by atoms with van der Waals surface area (Å²) in [7, 11) is 0. The van der Waals surface area contributed by atoms with E-state index >= 15 is 0 Å². The Labute approximate surface area is 151 Å². The van der Waals surface area contributed by atoms with Crippen LogP contribution in [0.5, 0.6) is 0 Å². The number of alkyl halides is 3. The van der Waals surface area contributed by atoms with Crippen molar-refractivity contribution in [2.24, 2.45) is 0 Å². The van der Waals surface area contributed by atoms with Gasteiger partial charge in [0, 0.05) is 11.8 Å². The molecule has 0 saturated heterocycles. The van der Waals surface area contributed by atoms with Gasteiger partial charge in [-0.15, -0.1) is 0 Å². The molecule has 4 nitrogen and oxygen atoms in total. The average Bonchev–Trinajstić information content (AvgIpc) is 2.69. The van der Waals surface area contributed by atoms with E-state index in [4.69, 9.17) is 0 Å². The van der Waals surface area contributed by atoms with Gasteiger partial charge in [0.05, 0.1) is 16.6 Å². The van der Waals surface area contributed by atoms with Gasteiger partial charge in [0.25, 0.3) is 5.56 Å². The molecule has 2 heterocycles. The van der Waals surface area contributed by atoms with Gasteiger partial charge in [-0.2, -0.15) is 23.0 Å². The number of para-hydroxylation sites is 1. The zero-order chi connectivity index (χ0) is 19.0. The number of pyridine rings is 1. The van der Waals surface area contributed by atoms with E-state index in [0.29, 0.717) is 5.69 Å². The summed E-state index contributed by atoms with van der Waals surface area (Å²) >= 11 is 0. The SMILES string of the molecule is O=c1c2cccnc2c(-c2cccc(C(F)(F)F)c2)nn1-c1ccccc1. The molecule has 27 heavy (non-hydrogen) atoms. The molecule has 0 aliphatic carbocycles. The maximum atomic E-state index is 13.1. The number of halogens is 3. The van der Waals surface area contributed by atoms with Gasteiger partial charge in [-0.05, 0) is 36.4 Å². The maximum absolute atomic E-state index is 13.1. The Morgan fingerprint density at radius 1 is 0.889 bits per heavy atom. The van der Waals surface area contributed by atoms with Crippen molar-refractivity contribution in [2.75, 3.05) is 0 Å². The summed E-state index contributed by atoms with van der Waals surface area (Å²) < 4.78 is 40.5. The minimum atomic E-state index is -4.48. The monoisotopic (exact) mass is 367 g/mol. The van der Waals surface area contributed by atoms with Crippen LogP contribution >= 0.6 is 0 Å². The van der Waals surface area contributed by atoms with Crippen LogP contribution in [0, 0.1) is 0 Å². The number of benzene rings is 2. The van der Waals surface area contributed by atoms with Crippen molar-refractivity contribution >= 4 is 10.9 Å². The molecule has 4 aromatic rings. The molecule has 0 saturated carbocycles. The molecular formula is C20H12F3N3O. The Hall–Kier alpha value is -3.48. The highest BCUT2D eigenvalue weighted by molar-refractivity contribution is 5.90. The number of hydrogen-bond acceptors (Lipinski definition) is 3. The van der Waals surface area contributed by atoms with Crippen LogP contribution in [-0.4, -0.2) is 14.8 Å². The van der Waals surface area contributed by atoms with Crippen LogP contribution in [0.15, 0.2) is 77.7 Å². The van der Waals surface area contributed by atoms with Gasteiger partial charge in [-0.25, -0.2) is 0 Å². The molecule has 0 radical (unpaired) electrons. The third-order valence-corrected chi connectivity index (χ3v) is 4.12. The number of aromatic nitrogens is 3. The molecule has 0 aliphatic heterocycles. The summed E-state index contributed by atoms with van der Waals surface area (Å²) in [6.45, 7) is 0. The normalized spacial score (nSPS) is 11.7. The molecule has 0 fully saturated rings. The molecule has 0 aliphatic rings. The van der Waals surface area contributed by atoms with Crippen molar-refractivity contribution in [1.29, 1.82) is 0 Å². The van der Waals surface area contributed by atoms with E-state index in [9.17, 15) is 18.0 Å². The summed E-state index contributed by atoms with van der Waals surface area (Å²) in [5.74, 6) is 0. The average molecular weight is 367 g/mol. The fraction of sp³-hybridized carbons (Fsp3) is 0.0500. The molecule has 0 unspecified atom stereocenters. The molecule has 4 rings (SSSR count). The van der Waals surface area contributed by atoms with E-state index in [2.05, 4.69) is 10.1 Å². The molecule has 0 bridgehead atoms. The Morgan fingerprint density at radius 3 is 2.41 bits per heavy atom. The lowest BCUT2D eigenvalue weighted by molar-refractivity contribution is -0.137. The molecule has 0 N–H and O–H groups in total. The second-order valence-electron chi connectivity index (χ2n) is 5.88. The maximum Gasteiger partial charge on any atom is 0.416 e. The van der Waals surface area contributed by atoms with Crippen molar-refractivity contribution in [1.82, 2.24) is 14.8 Å². The lowest BCUT2D eigenvalue weighted by atomic mass is 10.1. The summed E-state index contributed by atoms with van der Waals surface area (Å²) in [6.07, 6.45) is -3.00. The Kier molecular flexibility index (Phi) is 3.99. The number of fused-ring (bicyclic) bond motifs is 1. The van der Waals surface area contributed by atoms with Gasteiger partial charge < -0.3 is 0 Å². The first-order chi connectivity index (χ1) is 12.9. The van der Waals surface area contributed by atoms with Crippen LogP contribution in [0.4, 0.5) is 13.2 Å². The van der Waals surface area contributed by atoms with E-state index in [1.165, 1.54) is 23.0 Å². The fourth-order valence-corrected chi connectivity index (χ4v) is 2.85. The molecule has 7 heteroatoms. The first-order valence-corrected chi connectivity index (χ1v) is 8.06. The third kappa shape index (κ3) is 3.08. The quantitative estimate of drug-likeness (QED) is 0.525. The minimum absolute atomic E-state index is 0.208. The molecule has 0 spiro atoms. The molecule has 134 valence electrons. The third-order valence-electron chi connectivity index (χ3n) is 4.12. The van der Waals surface area contributed by atoms with Gasteiger partial charge in [-0.1, -0.05) is 30.3 Å². The highest BCUT2D eigenvalue weighted by Crippen LogP contribution is 2.32. The molecule has 2 aromatic heterocycles. The number of hydrogen-bond donors (Lipinski definition) is 0. The second-order valence-corrected chi connectivity index (χ2v) is 5.88. The predicted molar refractivity (Wildman–Crippen MR) is 95.6 cm³/mol. The second kappa shape index (κ2) is 6.35. The highest BCUT2D eigenvalue weighted by Gasteiger charge is 2.30. The molecule has 2 aromatic carbocycles. The van der Waals surface area contributed by atoms with Crippen molar-refractivity contribution in [3.8, 4) is 16.9 Å². The topological polar surface area (TPSA) is 47.8 Å². The predicted octanol–water partition coefficient (Wildman–Crippen LogP) is 4.47. The van der Waals surface area contributed by atoms with Gasteiger partial charge in [0.15, 0.2) is 0 Å². The lowest BCUT2D eigenvalue weighted by Gasteiger charge is -2.12. The van der Waals surface area contributed by atoms with Crippen LogP contribution in [-0.2, 0) is 6.18 Å². The van der Waals surface area contributed by atoms with E-state index in [1.54, 1.807) is 42.5 Å². The summed E-state index contributed by atoms with van der Waals surface area (Å²) in [4.78, 5) is 17.0. The van der Waals surface area contributed by atoms with Crippen molar-refractivity contribution < 1.29 is 13.2 Å². The first-order valence-electron chi connectivity index (χ1n) is 8.06. The van der Waals surface area contributed by atoms with Crippen molar-refractivity contribution in [3.05, 3.63) is 88.8 Å². The van der Waals surface area contributed by atoms with E-state index in [0.717, 1.165) is 12.1 Å². The van der Waals surface area contributed by atoms with Crippen LogP contribution in [0.2, 0.25) is 0 Å². The van der Waals surface area contributed by atoms with E-state index in [-0.39, 0.29) is 27.7 Å². The molecule has 0 atom stereocenters. The van der Waals surface area contributed by atoms with Gasteiger partial charge in [0.1, 0.15) is 11.2 Å². The Morgan fingerprint density at radius 2 is 1.67 bits per heavy atom. The highest BCUT2D eigenvalue weighted by atomic mass is 19.4. The zero-order valence-corrected chi connectivity index (χ0v) is 13.8. The smallest absolute Gasteiger partial charge is 0.267 e.